The van der Waals surface area contributed by atoms with Gasteiger partial charge in [-0.3, -0.25) is 0 Å². The van der Waals surface area contributed by atoms with Crippen LogP contribution in [0.4, 0.5) is 4.39 Å². The lowest BCUT2D eigenvalue weighted by molar-refractivity contribution is -0.132. The number of carboxylic acids is 1. The Bertz CT molecular complexity index is 421. The maximum Gasteiger partial charge on any atom is 0.331 e. The van der Waals surface area contributed by atoms with Crippen LogP contribution in [-0.4, -0.2) is 11.1 Å². The van der Waals surface area contributed by atoms with E-state index in [4.69, 9.17) is 5.11 Å². The van der Waals surface area contributed by atoms with Crippen molar-refractivity contribution < 1.29 is 14.3 Å². The molecule has 1 aromatic rings. The predicted molar refractivity (Wildman–Crippen MR) is 50.3 cm³/mol. The van der Waals surface area contributed by atoms with Crippen LogP contribution in [0.15, 0.2) is 23.8 Å². The summed E-state index contributed by atoms with van der Waals surface area (Å²) in [7, 11) is 0. The summed E-state index contributed by atoms with van der Waals surface area (Å²) in [5.74, 6) is -1.24. The van der Waals surface area contributed by atoms with Crippen molar-refractivity contribution in [1.29, 1.82) is 0 Å². The fourth-order valence-corrected chi connectivity index (χ4v) is 1.63. The zero-order valence-electron chi connectivity index (χ0n) is 7.46. The molecule has 2 rings (SSSR count). The minimum Gasteiger partial charge on any atom is -0.478 e. The predicted octanol–water partition coefficient (Wildman–Crippen LogP) is 2.24. The van der Waals surface area contributed by atoms with Crippen molar-refractivity contribution in [3.63, 3.8) is 0 Å². The van der Waals surface area contributed by atoms with E-state index in [1.807, 2.05) is 0 Å². The van der Waals surface area contributed by atoms with Gasteiger partial charge in [0, 0.05) is 5.57 Å². The third-order valence-corrected chi connectivity index (χ3v) is 2.38. The lowest BCUT2D eigenvalue weighted by atomic mass is 9.92. The van der Waals surface area contributed by atoms with Gasteiger partial charge in [-0.15, -0.1) is 0 Å². The lowest BCUT2D eigenvalue weighted by Crippen LogP contribution is -2.07. The Balaban J connectivity index is 2.47. The zero-order chi connectivity index (χ0) is 10.1. The number of fused-ring (bicyclic) bond motifs is 1. The van der Waals surface area contributed by atoms with E-state index in [0.717, 1.165) is 5.56 Å². The Morgan fingerprint density at radius 3 is 2.86 bits per heavy atom. The highest BCUT2D eigenvalue weighted by Gasteiger charge is 2.15. The number of carbonyl (C=O) groups is 1. The van der Waals surface area contributed by atoms with Gasteiger partial charge < -0.3 is 5.11 Å². The molecule has 0 unspecified atom stereocenters. The highest BCUT2D eigenvalue weighted by Crippen LogP contribution is 2.24. The second-order valence-electron chi connectivity index (χ2n) is 3.32. The van der Waals surface area contributed by atoms with E-state index >= 15 is 0 Å². The van der Waals surface area contributed by atoms with E-state index in [-0.39, 0.29) is 5.82 Å². The molecule has 72 valence electrons. The molecule has 0 atom stereocenters. The van der Waals surface area contributed by atoms with Crippen LogP contribution in [0.5, 0.6) is 0 Å². The van der Waals surface area contributed by atoms with Gasteiger partial charge in [0.05, 0.1) is 0 Å². The van der Waals surface area contributed by atoms with Crippen LogP contribution in [0.25, 0.3) is 6.08 Å². The SMILES string of the molecule is O=C(O)C1=Cc2cc(F)ccc2CC1. The van der Waals surface area contributed by atoms with Crippen molar-refractivity contribution in [1.82, 2.24) is 0 Å². The molecule has 0 spiro atoms. The van der Waals surface area contributed by atoms with Crippen LogP contribution < -0.4 is 0 Å². The molecule has 0 fully saturated rings. The molecule has 14 heavy (non-hydrogen) atoms. The van der Waals surface area contributed by atoms with Crippen molar-refractivity contribution >= 4 is 12.0 Å². The lowest BCUT2D eigenvalue weighted by Gasteiger charge is -2.13. The van der Waals surface area contributed by atoms with Crippen LogP contribution in [-0.2, 0) is 11.2 Å². The second-order valence-corrected chi connectivity index (χ2v) is 3.32. The van der Waals surface area contributed by atoms with E-state index in [9.17, 15) is 9.18 Å². The van der Waals surface area contributed by atoms with Gasteiger partial charge in [-0.2, -0.15) is 0 Å². The fraction of sp³-hybridized carbons (Fsp3) is 0.182. The molecule has 0 heterocycles. The molecule has 3 heteroatoms. The van der Waals surface area contributed by atoms with Crippen molar-refractivity contribution in [2.45, 2.75) is 12.8 Å². The number of benzene rings is 1. The van der Waals surface area contributed by atoms with E-state index in [0.29, 0.717) is 24.0 Å². The normalized spacial score (nSPS) is 14.5. The number of carboxylic acid groups (broad SMARTS) is 1. The minimum absolute atomic E-state index is 0.327. The van der Waals surface area contributed by atoms with E-state index in [2.05, 4.69) is 0 Å². The molecule has 1 aromatic carbocycles. The topological polar surface area (TPSA) is 37.3 Å². The average Bonchev–Trinajstić information content (AvgIpc) is 2.16. The van der Waals surface area contributed by atoms with Crippen LogP contribution in [0, 0.1) is 5.82 Å². The highest BCUT2D eigenvalue weighted by molar-refractivity contribution is 5.93. The van der Waals surface area contributed by atoms with Crippen LogP contribution in [0.3, 0.4) is 0 Å². The molecule has 0 radical (unpaired) electrons. The zero-order valence-corrected chi connectivity index (χ0v) is 7.46. The number of halogens is 1. The van der Waals surface area contributed by atoms with Crippen molar-refractivity contribution in [3.05, 3.63) is 40.7 Å². The molecule has 0 saturated carbocycles. The summed E-state index contributed by atoms with van der Waals surface area (Å²) in [5, 5.41) is 8.77. The van der Waals surface area contributed by atoms with Gasteiger partial charge in [-0.1, -0.05) is 6.07 Å². The van der Waals surface area contributed by atoms with Gasteiger partial charge in [-0.25, -0.2) is 9.18 Å². The Morgan fingerprint density at radius 1 is 1.36 bits per heavy atom. The summed E-state index contributed by atoms with van der Waals surface area (Å²) >= 11 is 0. The third-order valence-electron chi connectivity index (χ3n) is 2.38. The van der Waals surface area contributed by atoms with Crippen LogP contribution >= 0.6 is 0 Å². The molecule has 1 N–H and O–H groups in total. The molecule has 0 aromatic heterocycles. The number of aliphatic carboxylic acids is 1. The second kappa shape index (κ2) is 3.25. The van der Waals surface area contributed by atoms with Gasteiger partial charge >= 0.3 is 5.97 Å². The number of aryl methyl sites for hydroxylation is 1. The molecule has 1 aliphatic carbocycles. The molecule has 1 aliphatic rings. The Hall–Kier alpha value is -1.64. The van der Waals surface area contributed by atoms with Crippen molar-refractivity contribution in [2.75, 3.05) is 0 Å². The smallest absolute Gasteiger partial charge is 0.331 e. The minimum atomic E-state index is -0.917. The largest absolute Gasteiger partial charge is 0.478 e. The summed E-state index contributed by atoms with van der Waals surface area (Å²) < 4.78 is 12.8. The summed E-state index contributed by atoms with van der Waals surface area (Å²) in [5.41, 5.74) is 2.05. The van der Waals surface area contributed by atoms with E-state index < -0.39 is 5.97 Å². The summed E-state index contributed by atoms with van der Waals surface area (Å²) in [6.45, 7) is 0. The van der Waals surface area contributed by atoms with Gasteiger partial charge in [0.2, 0.25) is 0 Å². The first-order valence-corrected chi connectivity index (χ1v) is 4.39. The molecule has 2 nitrogen and oxygen atoms in total. The fourth-order valence-electron chi connectivity index (χ4n) is 1.63. The molecular formula is C11H9FO2. The number of hydrogen-bond acceptors (Lipinski definition) is 1. The summed E-state index contributed by atoms with van der Waals surface area (Å²) in [6, 6.07) is 4.48. The van der Waals surface area contributed by atoms with Crippen molar-refractivity contribution in [2.24, 2.45) is 0 Å². The Kier molecular flexibility index (Phi) is 2.08. The van der Waals surface area contributed by atoms with Crippen LogP contribution in [0.2, 0.25) is 0 Å². The van der Waals surface area contributed by atoms with Gasteiger partial charge in [0.1, 0.15) is 5.82 Å². The molecular weight excluding hydrogens is 183 g/mol. The Labute approximate surface area is 80.7 Å². The first-order valence-electron chi connectivity index (χ1n) is 4.39. The number of rotatable bonds is 1. The standard InChI is InChI=1S/C11H9FO2/c12-10-4-3-7-1-2-8(11(13)14)5-9(7)6-10/h3-6H,1-2H2,(H,13,14). The molecule has 0 aliphatic heterocycles. The maximum atomic E-state index is 12.8. The maximum absolute atomic E-state index is 12.8. The van der Waals surface area contributed by atoms with Gasteiger partial charge in [0.15, 0.2) is 0 Å². The first kappa shape index (κ1) is 8.94. The quantitative estimate of drug-likeness (QED) is 0.740. The molecule has 0 amide bonds. The van der Waals surface area contributed by atoms with Crippen LogP contribution in [0.1, 0.15) is 17.5 Å². The van der Waals surface area contributed by atoms with E-state index in [1.54, 1.807) is 12.1 Å². The van der Waals surface area contributed by atoms with Crippen molar-refractivity contribution in [3.8, 4) is 0 Å². The Morgan fingerprint density at radius 2 is 2.14 bits per heavy atom. The molecule has 0 saturated heterocycles. The third kappa shape index (κ3) is 1.53. The molecule has 0 bridgehead atoms. The summed E-state index contributed by atoms with van der Waals surface area (Å²) in [6.07, 6.45) is 2.74. The highest BCUT2D eigenvalue weighted by atomic mass is 19.1. The summed E-state index contributed by atoms with van der Waals surface area (Å²) in [4.78, 5) is 10.7. The van der Waals surface area contributed by atoms with Gasteiger partial charge in [-0.05, 0) is 42.2 Å². The average molecular weight is 192 g/mol. The van der Waals surface area contributed by atoms with E-state index in [1.165, 1.54) is 12.1 Å². The number of hydrogen-bond donors (Lipinski definition) is 1. The monoisotopic (exact) mass is 192 g/mol. The van der Waals surface area contributed by atoms with Gasteiger partial charge in [0.25, 0.3) is 0 Å². The first-order chi connectivity index (χ1) is 6.66.